The van der Waals surface area contributed by atoms with Gasteiger partial charge in [-0.05, 0) is 42.5 Å². The molecule has 0 aliphatic carbocycles. The lowest BCUT2D eigenvalue weighted by molar-refractivity contribution is -0.115. The fraction of sp³-hybridized carbons (Fsp3) is 0.533. The van der Waals surface area contributed by atoms with Crippen molar-refractivity contribution in [3.05, 3.63) is 30.1 Å². The summed E-state index contributed by atoms with van der Waals surface area (Å²) < 4.78 is 18.1. The van der Waals surface area contributed by atoms with Crippen LogP contribution in [0.15, 0.2) is 24.3 Å². The first kappa shape index (κ1) is 14.9. The van der Waals surface area contributed by atoms with Gasteiger partial charge in [-0.25, -0.2) is 4.39 Å². The molecule has 0 radical (unpaired) electrons. The number of benzene rings is 1. The Morgan fingerprint density at radius 3 is 2.60 bits per heavy atom. The van der Waals surface area contributed by atoms with Gasteiger partial charge in [-0.15, -0.1) is 0 Å². The van der Waals surface area contributed by atoms with Gasteiger partial charge in [0.2, 0.25) is 5.91 Å². The second-order valence-electron chi connectivity index (χ2n) is 5.58. The largest absolute Gasteiger partial charge is 0.381 e. The van der Waals surface area contributed by atoms with E-state index in [0.717, 1.165) is 32.6 Å². The molecule has 1 amide bonds. The van der Waals surface area contributed by atoms with E-state index in [1.165, 1.54) is 12.1 Å². The molecule has 1 aromatic rings. The number of hydrogen-bond acceptors (Lipinski definition) is 3. The van der Waals surface area contributed by atoms with Crippen molar-refractivity contribution in [3.63, 3.8) is 0 Å². The monoisotopic (exact) mass is 280 g/mol. The topological polar surface area (TPSA) is 50.4 Å². The van der Waals surface area contributed by atoms with Crippen molar-refractivity contribution in [2.45, 2.75) is 19.8 Å². The maximum atomic E-state index is 12.7. The summed E-state index contributed by atoms with van der Waals surface area (Å²) in [5, 5.41) is 5.91. The molecule has 1 aliphatic heterocycles. The number of anilines is 1. The molecule has 5 heteroatoms. The van der Waals surface area contributed by atoms with Crippen LogP contribution in [0.1, 0.15) is 19.8 Å². The number of rotatable bonds is 5. The first-order valence-corrected chi connectivity index (χ1v) is 6.91. The summed E-state index contributed by atoms with van der Waals surface area (Å²) in [5.41, 5.74) is 0.810. The van der Waals surface area contributed by atoms with E-state index >= 15 is 0 Å². The predicted molar refractivity (Wildman–Crippen MR) is 76.1 cm³/mol. The van der Waals surface area contributed by atoms with Crippen molar-refractivity contribution in [1.82, 2.24) is 5.32 Å². The molecule has 1 aromatic carbocycles. The van der Waals surface area contributed by atoms with Crippen LogP contribution >= 0.6 is 0 Å². The lowest BCUT2D eigenvalue weighted by Gasteiger charge is -2.33. The highest BCUT2D eigenvalue weighted by atomic mass is 19.1. The molecule has 4 nitrogen and oxygen atoms in total. The lowest BCUT2D eigenvalue weighted by Crippen LogP contribution is -2.39. The SMILES string of the molecule is CC1(CNCC(=O)Nc2ccc(F)cc2)CCOCC1. The normalized spacial score (nSPS) is 17.7. The zero-order valence-electron chi connectivity index (χ0n) is 11.7. The van der Waals surface area contributed by atoms with Crippen LogP contribution in [0.25, 0.3) is 0 Å². The van der Waals surface area contributed by atoms with Crippen LogP contribution in [-0.2, 0) is 9.53 Å². The van der Waals surface area contributed by atoms with Crippen molar-refractivity contribution in [2.75, 3.05) is 31.6 Å². The van der Waals surface area contributed by atoms with E-state index in [-0.39, 0.29) is 23.7 Å². The maximum Gasteiger partial charge on any atom is 0.238 e. The summed E-state index contributed by atoms with van der Waals surface area (Å²) >= 11 is 0. The van der Waals surface area contributed by atoms with Gasteiger partial charge in [0.1, 0.15) is 5.82 Å². The van der Waals surface area contributed by atoms with E-state index in [1.807, 2.05) is 0 Å². The Balaban J connectivity index is 1.71. The van der Waals surface area contributed by atoms with Gasteiger partial charge in [-0.3, -0.25) is 4.79 Å². The van der Waals surface area contributed by atoms with Crippen molar-refractivity contribution < 1.29 is 13.9 Å². The molecule has 0 unspecified atom stereocenters. The molecule has 0 atom stereocenters. The van der Waals surface area contributed by atoms with Gasteiger partial charge in [0, 0.05) is 25.4 Å². The molecule has 1 heterocycles. The average Bonchev–Trinajstić information content (AvgIpc) is 2.42. The molecule has 2 rings (SSSR count). The quantitative estimate of drug-likeness (QED) is 0.869. The van der Waals surface area contributed by atoms with Crippen molar-refractivity contribution >= 4 is 11.6 Å². The Kier molecular flexibility index (Phi) is 5.09. The first-order chi connectivity index (χ1) is 9.57. The molecule has 0 saturated carbocycles. The van der Waals surface area contributed by atoms with Crippen LogP contribution in [-0.4, -0.2) is 32.2 Å². The molecular formula is C15H21FN2O2. The number of carbonyl (C=O) groups excluding carboxylic acids is 1. The third-order valence-corrected chi connectivity index (χ3v) is 3.67. The standard InChI is InChI=1S/C15H21FN2O2/c1-15(6-8-20-9-7-15)11-17-10-14(19)18-13-4-2-12(16)3-5-13/h2-5,17H,6-11H2,1H3,(H,18,19). The highest BCUT2D eigenvalue weighted by Crippen LogP contribution is 2.28. The summed E-state index contributed by atoms with van der Waals surface area (Å²) in [5.74, 6) is -0.430. The number of hydrogen-bond donors (Lipinski definition) is 2. The smallest absolute Gasteiger partial charge is 0.238 e. The molecule has 2 N–H and O–H groups in total. The van der Waals surface area contributed by atoms with Crippen molar-refractivity contribution in [3.8, 4) is 0 Å². The van der Waals surface area contributed by atoms with E-state index in [9.17, 15) is 9.18 Å². The summed E-state index contributed by atoms with van der Waals surface area (Å²) in [6.07, 6.45) is 2.03. The second kappa shape index (κ2) is 6.81. The minimum atomic E-state index is -0.312. The predicted octanol–water partition coefficient (Wildman–Crippen LogP) is 2.17. The van der Waals surface area contributed by atoms with Crippen LogP contribution in [0.2, 0.25) is 0 Å². The first-order valence-electron chi connectivity index (χ1n) is 6.91. The van der Waals surface area contributed by atoms with E-state index in [0.29, 0.717) is 5.69 Å². The highest BCUT2D eigenvalue weighted by molar-refractivity contribution is 5.92. The molecule has 0 aromatic heterocycles. The van der Waals surface area contributed by atoms with Gasteiger partial charge in [0.15, 0.2) is 0 Å². The Morgan fingerprint density at radius 2 is 1.95 bits per heavy atom. The molecule has 1 saturated heterocycles. The van der Waals surface area contributed by atoms with Crippen LogP contribution < -0.4 is 10.6 Å². The van der Waals surface area contributed by atoms with Gasteiger partial charge >= 0.3 is 0 Å². The van der Waals surface area contributed by atoms with E-state index in [1.54, 1.807) is 12.1 Å². The molecule has 110 valence electrons. The van der Waals surface area contributed by atoms with E-state index < -0.39 is 0 Å². The number of nitrogens with one attached hydrogen (secondary N) is 2. The Bertz CT molecular complexity index is 442. The van der Waals surface area contributed by atoms with Gasteiger partial charge in [0.05, 0.1) is 6.54 Å². The molecular weight excluding hydrogens is 259 g/mol. The minimum Gasteiger partial charge on any atom is -0.381 e. The van der Waals surface area contributed by atoms with E-state index in [4.69, 9.17) is 4.74 Å². The lowest BCUT2D eigenvalue weighted by atomic mass is 9.82. The van der Waals surface area contributed by atoms with Crippen LogP contribution in [0.5, 0.6) is 0 Å². The van der Waals surface area contributed by atoms with Crippen LogP contribution in [0, 0.1) is 11.2 Å². The number of halogens is 1. The number of ether oxygens (including phenoxy) is 1. The number of amides is 1. The fourth-order valence-corrected chi connectivity index (χ4v) is 2.26. The van der Waals surface area contributed by atoms with Gasteiger partial charge in [-0.2, -0.15) is 0 Å². The Labute approximate surface area is 118 Å². The summed E-state index contributed by atoms with van der Waals surface area (Å²) in [6, 6.07) is 5.75. The minimum absolute atomic E-state index is 0.118. The van der Waals surface area contributed by atoms with Gasteiger partial charge in [-0.1, -0.05) is 6.92 Å². The zero-order chi connectivity index (χ0) is 14.4. The molecule has 0 spiro atoms. The van der Waals surface area contributed by atoms with Gasteiger partial charge < -0.3 is 15.4 Å². The molecule has 20 heavy (non-hydrogen) atoms. The van der Waals surface area contributed by atoms with Crippen molar-refractivity contribution in [1.29, 1.82) is 0 Å². The molecule has 1 fully saturated rings. The Hall–Kier alpha value is -1.46. The summed E-state index contributed by atoms with van der Waals surface area (Å²) in [7, 11) is 0. The van der Waals surface area contributed by atoms with Crippen LogP contribution in [0.4, 0.5) is 10.1 Å². The third kappa shape index (κ3) is 4.58. The summed E-state index contributed by atoms with van der Waals surface area (Å²) in [4.78, 5) is 11.8. The zero-order valence-corrected chi connectivity index (χ0v) is 11.7. The van der Waals surface area contributed by atoms with Gasteiger partial charge in [0.25, 0.3) is 0 Å². The number of carbonyl (C=O) groups is 1. The fourth-order valence-electron chi connectivity index (χ4n) is 2.26. The third-order valence-electron chi connectivity index (χ3n) is 3.67. The summed E-state index contributed by atoms with van der Waals surface area (Å²) in [6.45, 7) is 4.85. The van der Waals surface area contributed by atoms with Crippen molar-refractivity contribution in [2.24, 2.45) is 5.41 Å². The molecule has 1 aliphatic rings. The van der Waals surface area contributed by atoms with Crippen LogP contribution in [0.3, 0.4) is 0 Å². The second-order valence-corrected chi connectivity index (χ2v) is 5.58. The highest BCUT2D eigenvalue weighted by Gasteiger charge is 2.26. The van der Waals surface area contributed by atoms with E-state index in [2.05, 4.69) is 17.6 Å². The average molecular weight is 280 g/mol. The Morgan fingerprint density at radius 1 is 1.30 bits per heavy atom. The molecule has 0 bridgehead atoms. The maximum absolute atomic E-state index is 12.7.